The maximum Gasteiger partial charge on any atom is 0.238 e. The van der Waals surface area contributed by atoms with E-state index >= 15 is 0 Å². The molecule has 0 atom stereocenters. The Morgan fingerprint density at radius 3 is 2.14 bits per heavy atom. The maximum absolute atomic E-state index is 10.3. The van der Waals surface area contributed by atoms with E-state index in [2.05, 4.69) is 15.2 Å². The Hall–Kier alpha value is -3.21. The number of rotatable bonds is 2. The maximum atomic E-state index is 10.3. The summed E-state index contributed by atoms with van der Waals surface area (Å²) in [4.78, 5) is 4.28. The van der Waals surface area contributed by atoms with Crippen molar-refractivity contribution in [1.82, 2.24) is 19.6 Å². The van der Waals surface area contributed by atoms with Gasteiger partial charge in [-0.1, -0.05) is 60.7 Å². The van der Waals surface area contributed by atoms with Gasteiger partial charge in [0.2, 0.25) is 5.88 Å². The summed E-state index contributed by atoms with van der Waals surface area (Å²) in [5.74, 6) is -0.0295. The molecule has 0 aliphatic heterocycles. The van der Waals surface area contributed by atoms with E-state index in [9.17, 15) is 5.11 Å². The van der Waals surface area contributed by atoms with Crippen molar-refractivity contribution >= 4 is 5.65 Å². The van der Waals surface area contributed by atoms with Crippen molar-refractivity contribution in [2.45, 2.75) is 0 Å². The number of fused-ring (bicyclic) bond motifs is 1. The Bertz CT molecular complexity index is 933. The lowest BCUT2D eigenvalue weighted by Crippen LogP contribution is -1.96. The Kier molecular flexibility index (Phi) is 2.83. The molecule has 0 bridgehead atoms. The first-order valence-electron chi connectivity index (χ1n) is 6.88. The lowest BCUT2D eigenvalue weighted by molar-refractivity contribution is 0.459. The molecule has 2 heterocycles. The summed E-state index contributed by atoms with van der Waals surface area (Å²) in [5, 5.41) is 18.5. The van der Waals surface area contributed by atoms with E-state index in [1.54, 1.807) is 10.7 Å². The molecule has 4 aromatic rings. The number of aromatic hydroxyl groups is 1. The van der Waals surface area contributed by atoms with Crippen molar-refractivity contribution in [2.24, 2.45) is 0 Å². The molecule has 106 valence electrons. The van der Waals surface area contributed by atoms with Gasteiger partial charge in [0.1, 0.15) is 17.7 Å². The van der Waals surface area contributed by atoms with Crippen LogP contribution < -0.4 is 0 Å². The Morgan fingerprint density at radius 1 is 0.818 bits per heavy atom. The first kappa shape index (κ1) is 12.5. The fourth-order valence-corrected chi connectivity index (χ4v) is 2.53. The van der Waals surface area contributed by atoms with Gasteiger partial charge in [0.25, 0.3) is 0 Å². The minimum atomic E-state index is -0.0295. The van der Waals surface area contributed by atoms with Crippen LogP contribution in [0.2, 0.25) is 0 Å². The Morgan fingerprint density at radius 2 is 1.45 bits per heavy atom. The molecule has 4 rings (SSSR count). The summed E-state index contributed by atoms with van der Waals surface area (Å²) in [6.07, 6.45) is 1.57. The van der Waals surface area contributed by atoms with Crippen LogP contribution in [0.15, 0.2) is 67.0 Å². The van der Waals surface area contributed by atoms with Crippen LogP contribution >= 0.6 is 0 Å². The molecule has 22 heavy (non-hydrogen) atoms. The predicted molar refractivity (Wildman–Crippen MR) is 83.3 cm³/mol. The molecule has 0 amide bonds. The van der Waals surface area contributed by atoms with Crippen molar-refractivity contribution in [2.75, 3.05) is 0 Å². The van der Waals surface area contributed by atoms with Gasteiger partial charge in [-0.05, 0) is 0 Å². The number of imidazole rings is 1. The average molecular weight is 288 g/mol. The van der Waals surface area contributed by atoms with Crippen molar-refractivity contribution in [3.63, 3.8) is 0 Å². The van der Waals surface area contributed by atoms with Crippen molar-refractivity contribution in [3.8, 4) is 28.4 Å². The van der Waals surface area contributed by atoms with Gasteiger partial charge in [0.15, 0.2) is 5.65 Å². The van der Waals surface area contributed by atoms with Crippen LogP contribution in [0, 0.1) is 0 Å². The van der Waals surface area contributed by atoms with Gasteiger partial charge in [-0.25, -0.2) is 0 Å². The van der Waals surface area contributed by atoms with Crippen LogP contribution in [0.4, 0.5) is 0 Å². The zero-order chi connectivity index (χ0) is 14.9. The molecule has 5 heteroatoms. The molecule has 0 saturated heterocycles. The minimum Gasteiger partial charge on any atom is -0.492 e. The van der Waals surface area contributed by atoms with Crippen LogP contribution in [0.5, 0.6) is 5.88 Å². The fourth-order valence-electron chi connectivity index (χ4n) is 2.53. The molecule has 0 fully saturated rings. The number of benzene rings is 2. The topological polar surface area (TPSA) is 63.3 Å². The summed E-state index contributed by atoms with van der Waals surface area (Å²) in [7, 11) is 0. The van der Waals surface area contributed by atoms with E-state index in [0.29, 0.717) is 17.0 Å². The number of nitrogens with zero attached hydrogens (tertiary/aromatic N) is 4. The molecule has 0 saturated carbocycles. The van der Waals surface area contributed by atoms with Crippen LogP contribution in [0.3, 0.4) is 0 Å². The molecule has 5 nitrogen and oxygen atoms in total. The predicted octanol–water partition coefficient (Wildman–Crippen LogP) is 3.16. The quantitative estimate of drug-likeness (QED) is 0.615. The fraction of sp³-hybridized carbons (Fsp3) is 0. The minimum absolute atomic E-state index is 0.0295. The molecule has 0 radical (unpaired) electrons. The van der Waals surface area contributed by atoms with Crippen LogP contribution in [0.1, 0.15) is 0 Å². The molecular formula is C17H12N4O. The summed E-state index contributed by atoms with van der Waals surface area (Å²) < 4.78 is 1.76. The van der Waals surface area contributed by atoms with E-state index in [1.807, 2.05) is 60.7 Å². The smallest absolute Gasteiger partial charge is 0.238 e. The zero-order valence-electron chi connectivity index (χ0n) is 11.6. The van der Waals surface area contributed by atoms with E-state index in [4.69, 9.17) is 0 Å². The molecule has 2 aromatic heterocycles. The van der Waals surface area contributed by atoms with Gasteiger partial charge in [-0.3, -0.25) is 4.40 Å². The van der Waals surface area contributed by atoms with E-state index in [1.165, 1.54) is 0 Å². The van der Waals surface area contributed by atoms with Crippen LogP contribution in [0.25, 0.3) is 28.2 Å². The second kappa shape index (κ2) is 4.96. The van der Waals surface area contributed by atoms with Crippen molar-refractivity contribution < 1.29 is 5.11 Å². The third-order valence-corrected chi connectivity index (χ3v) is 3.52. The summed E-state index contributed by atoms with van der Waals surface area (Å²) in [5.41, 5.74) is 3.62. The monoisotopic (exact) mass is 288 g/mol. The Balaban J connectivity index is 2.01. The van der Waals surface area contributed by atoms with E-state index in [-0.39, 0.29) is 5.88 Å². The molecule has 2 aromatic carbocycles. The highest BCUT2D eigenvalue weighted by molar-refractivity contribution is 5.78. The largest absolute Gasteiger partial charge is 0.492 e. The van der Waals surface area contributed by atoms with Crippen molar-refractivity contribution in [3.05, 3.63) is 67.0 Å². The van der Waals surface area contributed by atoms with Crippen LogP contribution in [-0.4, -0.2) is 24.7 Å². The SMILES string of the molecule is Oc1nc2c(-c3ccccc3)nncn2c1-c1ccccc1. The van der Waals surface area contributed by atoms with Gasteiger partial charge >= 0.3 is 0 Å². The second-order valence-electron chi connectivity index (χ2n) is 4.89. The zero-order valence-corrected chi connectivity index (χ0v) is 11.6. The average Bonchev–Trinajstić information content (AvgIpc) is 2.92. The van der Waals surface area contributed by atoms with Gasteiger partial charge < -0.3 is 5.11 Å². The van der Waals surface area contributed by atoms with Gasteiger partial charge in [0.05, 0.1) is 0 Å². The van der Waals surface area contributed by atoms with Crippen LogP contribution in [-0.2, 0) is 0 Å². The highest BCUT2D eigenvalue weighted by atomic mass is 16.3. The van der Waals surface area contributed by atoms with Gasteiger partial charge in [-0.15, -0.1) is 10.2 Å². The summed E-state index contributed by atoms with van der Waals surface area (Å²) in [6, 6.07) is 19.3. The molecule has 0 aliphatic carbocycles. The first-order valence-corrected chi connectivity index (χ1v) is 6.88. The molecular weight excluding hydrogens is 276 g/mol. The van der Waals surface area contributed by atoms with Gasteiger partial charge in [-0.2, -0.15) is 4.98 Å². The third kappa shape index (κ3) is 1.91. The van der Waals surface area contributed by atoms with E-state index < -0.39 is 0 Å². The van der Waals surface area contributed by atoms with Crippen molar-refractivity contribution in [1.29, 1.82) is 0 Å². The summed E-state index contributed by atoms with van der Waals surface area (Å²) >= 11 is 0. The van der Waals surface area contributed by atoms with E-state index in [0.717, 1.165) is 11.1 Å². The van der Waals surface area contributed by atoms with Gasteiger partial charge in [0, 0.05) is 11.1 Å². The molecule has 0 spiro atoms. The second-order valence-corrected chi connectivity index (χ2v) is 4.89. The number of hydrogen-bond donors (Lipinski definition) is 1. The Labute approximate surface area is 126 Å². The summed E-state index contributed by atoms with van der Waals surface area (Å²) in [6.45, 7) is 0. The lowest BCUT2D eigenvalue weighted by atomic mass is 10.1. The third-order valence-electron chi connectivity index (χ3n) is 3.52. The highest BCUT2D eigenvalue weighted by Gasteiger charge is 2.17. The first-order chi connectivity index (χ1) is 10.8. The number of aromatic nitrogens is 4. The number of hydrogen-bond acceptors (Lipinski definition) is 4. The lowest BCUT2D eigenvalue weighted by Gasteiger charge is -2.04. The molecule has 1 N–H and O–H groups in total. The standard InChI is InChI=1S/C17H12N4O/c22-17-15(13-9-5-2-6-10-13)21-11-18-20-14(16(21)19-17)12-7-3-1-4-8-12/h1-11,22H. The normalized spacial score (nSPS) is 10.9. The molecule has 0 aliphatic rings. The molecule has 0 unspecified atom stereocenters. The highest BCUT2D eigenvalue weighted by Crippen LogP contribution is 2.32.